The van der Waals surface area contributed by atoms with Crippen molar-refractivity contribution >= 4 is 40.6 Å². The number of benzene rings is 2. The molecular weight excluding hydrogens is 323 g/mol. The van der Waals surface area contributed by atoms with Gasteiger partial charge in [-0.15, -0.1) is 0 Å². The number of carbonyl (C=O) groups is 1. The number of nitrogens with zero attached hydrogens (tertiary/aromatic N) is 2. The van der Waals surface area contributed by atoms with Crippen LogP contribution in [0.15, 0.2) is 53.6 Å². The SMILES string of the molecule is O=C(O)C1=NN(c2ccc(Cl)c(Cl)c2)[C@H](c2ccccc2)C1. The van der Waals surface area contributed by atoms with E-state index in [4.69, 9.17) is 23.2 Å². The number of anilines is 1. The molecule has 0 aliphatic carbocycles. The first kappa shape index (κ1) is 14.9. The summed E-state index contributed by atoms with van der Waals surface area (Å²) in [5.41, 5.74) is 1.83. The molecule has 0 saturated heterocycles. The molecule has 6 heteroatoms. The van der Waals surface area contributed by atoms with E-state index in [1.165, 1.54) is 0 Å². The van der Waals surface area contributed by atoms with Crippen molar-refractivity contribution in [1.29, 1.82) is 0 Å². The van der Waals surface area contributed by atoms with Gasteiger partial charge in [-0.2, -0.15) is 5.10 Å². The molecule has 0 amide bonds. The van der Waals surface area contributed by atoms with Gasteiger partial charge >= 0.3 is 5.97 Å². The highest BCUT2D eigenvalue weighted by Crippen LogP contribution is 2.37. The number of carboxylic acid groups (broad SMARTS) is 1. The standard InChI is InChI=1S/C16H12Cl2N2O2/c17-12-7-6-11(8-13(12)18)20-15(9-14(19-20)16(21)22)10-4-2-1-3-5-10/h1-8,15H,9H2,(H,21,22)/t15-/m0/s1. The summed E-state index contributed by atoms with van der Waals surface area (Å²) >= 11 is 12.0. The van der Waals surface area contributed by atoms with Gasteiger partial charge in [0.2, 0.25) is 0 Å². The normalized spacial score (nSPS) is 17.5. The summed E-state index contributed by atoms with van der Waals surface area (Å²) in [6.45, 7) is 0. The van der Waals surface area contributed by atoms with Crippen LogP contribution in [0.4, 0.5) is 5.69 Å². The molecule has 1 aliphatic rings. The zero-order valence-electron chi connectivity index (χ0n) is 11.4. The van der Waals surface area contributed by atoms with Crippen molar-refractivity contribution in [1.82, 2.24) is 0 Å². The largest absolute Gasteiger partial charge is 0.477 e. The van der Waals surface area contributed by atoms with Crippen LogP contribution in [0.2, 0.25) is 10.0 Å². The van der Waals surface area contributed by atoms with E-state index < -0.39 is 5.97 Å². The second-order valence-electron chi connectivity index (χ2n) is 4.93. The zero-order valence-corrected chi connectivity index (χ0v) is 12.9. The van der Waals surface area contributed by atoms with Gasteiger partial charge in [0.25, 0.3) is 0 Å². The van der Waals surface area contributed by atoms with Crippen molar-refractivity contribution < 1.29 is 9.90 Å². The molecule has 1 aliphatic heterocycles. The molecule has 4 nitrogen and oxygen atoms in total. The van der Waals surface area contributed by atoms with Crippen molar-refractivity contribution in [3.63, 3.8) is 0 Å². The Hall–Kier alpha value is -2.04. The maximum absolute atomic E-state index is 11.3. The molecule has 0 radical (unpaired) electrons. The molecule has 2 aromatic rings. The molecule has 0 unspecified atom stereocenters. The van der Waals surface area contributed by atoms with Gasteiger partial charge in [-0.3, -0.25) is 5.01 Å². The zero-order chi connectivity index (χ0) is 15.7. The second-order valence-corrected chi connectivity index (χ2v) is 5.74. The molecule has 2 aromatic carbocycles. The van der Waals surface area contributed by atoms with Gasteiger partial charge in [0, 0.05) is 6.42 Å². The monoisotopic (exact) mass is 334 g/mol. The van der Waals surface area contributed by atoms with E-state index in [1.54, 1.807) is 23.2 Å². The highest BCUT2D eigenvalue weighted by atomic mass is 35.5. The molecular formula is C16H12Cl2N2O2. The fourth-order valence-corrected chi connectivity index (χ4v) is 2.73. The summed E-state index contributed by atoms with van der Waals surface area (Å²) in [6.07, 6.45) is 0.333. The molecule has 3 rings (SSSR count). The Labute approximate surface area is 137 Å². The van der Waals surface area contributed by atoms with Crippen LogP contribution in [0.1, 0.15) is 18.0 Å². The Balaban J connectivity index is 2.03. The average molecular weight is 335 g/mol. The topological polar surface area (TPSA) is 52.9 Å². The van der Waals surface area contributed by atoms with Gasteiger partial charge in [-0.25, -0.2) is 4.79 Å². The van der Waals surface area contributed by atoms with Crippen molar-refractivity contribution in [2.45, 2.75) is 12.5 Å². The van der Waals surface area contributed by atoms with E-state index in [-0.39, 0.29) is 11.8 Å². The quantitative estimate of drug-likeness (QED) is 0.905. The summed E-state index contributed by atoms with van der Waals surface area (Å²) in [5.74, 6) is -1.01. The van der Waals surface area contributed by atoms with Crippen LogP contribution in [-0.4, -0.2) is 16.8 Å². The second kappa shape index (κ2) is 5.99. The number of hydrogen-bond acceptors (Lipinski definition) is 3. The van der Waals surface area contributed by atoms with Gasteiger partial charge in [-0.1, -0.05) is 53.5 Å². The Bertz CT molecular complexity index is 747. The lowest BCUT2D eigenvalue weighted by Gasteiger charge is -2.24. The first-order valence-electron chi connectivity index (χ1n) is 6.66. The minimum absolute atomic E-state index is 0.125. The maximum atomic E-state index is 11.3. The molecule has 112 valence electrons. The van der Waals surface area contributed by atoms with Crippen LogP contribution in [0, 0.1) is 0 Å². The van der Waals surface area contributed by atoms with Gasteiger partial charge in [0.05, 0.1) is 21.8 Å². The molecule has 22 heavy (non-hydrogen) atoms. The van der Waals surface area contributed by atoms with E-state index >= 15 is 0 Å². The van der Waals surface area contributed by atoms with E-state index in [1.807, 2.05) is 30.3 Å². The Kier molecular flexibility index (Phi) is 4.05. The number of carboxylic acids is 1. The van der Waals surface area contributed by atoms with E-state index in [0.717, 1.165) is 5.56 Å². The van der Waals surface area contributed by atoms with Gasteiger partial charge in [-0.05, 0) is 23.8 Å². The van der Waals surface area contributed by atoms with E-state index in [0.29, 0.717) is 22.2 Å². The minimum Gasteiger partial charge on any atom is -0.477 e. The lowest BCUT2D eigenvalue weighted by molar-refractivity contribution is -0.129. The Morgan fingerprint density at radius 2 is 1.86 bits per heavy atom. The number of halogens is 2. The van der Waals surface area contributed by atoms with Crippen molar-refractivity contribution in [3.8, 4) is 0 Å². The van der Waals surface area contributed by atoms with Gasteiger partial charge in [0.15, 0.2) is 0 Å². The predicted octanol–water partition coefficient (Wildman–Crippen LogP) is 4.39. The fourth-order valence-electron chi connectivity index (χ4n) is 2.44. The summed E-state index contributed by atoms with van der Waals surface area (Å²) in [7, 11) is 0. The first-order valence-corrected chi connectivity index (χ1v) is 7.42. The first-order chi connectivity index (χ1) is 10.6. The summed E-state index contributed by atoms with van der Waals surface area (Å²) in [6, 6.07) is 14.6. The van der Waals surface area contributed by atoms with E-state index in [2.05, 4.69) is 5.10 Å². The number of hydrazone groups is 1. The minimum atomic E-state index is -1.01. The van der Waals surface area contributed by atoms with Gasteiger partial charge < -0.3 is 5.11 Å². The Morgan fingerprint density at radius 3 is 2.50 bits per heavy atom. The van der Waals surface area contributed by atoms with Crippen molar-refractivity contribution in [2.24, 2.45) is 5.10 Å². The van der Waals surface area contributed by atoms with Crippen LogP contribution in [0.25, 0.3) is 0 Å². The van der Waals surface area contributed by atoms with Crippen molar-refractivity contribution in [2.75, 3.05) is 5.01 Å². The average Bonchev–Trinajstić information content (AvgIpc) is 2.96. The molecule has 0 aromatic heterocycles. The maximum Gasteiger partial charge on any atom is 0.352 e. The highest BCUT2D eigenvalue weighted by Gasteiger charge is 2.32. The summed E-state index contributed by atoms with van der Waals surface area (Å²) in [4.78, 5) is 11.3. The van der Waals surface area contributed by atoms with Crippen LogP contribution in [0.5, 0.6) is 0 Å². The van der Waals surface area contributed by atoms with Crippen LogP contribution >= 0.6 is 23.2 Å². The lowest BCUT2D eigenvalue weighted by Crippen LogP contribution is -2.18. The molecule has 0 spiro atoms. The third kappa shape index (κ3) is 2.80. The third-order valence-corrected chi connectivity index (χ3v) is 4.25. The van der Waals surface area contributed by atoms with Gasteiger partial charge in [0.1, 0.15) is 5.71 Å². The predicted molar refractivity (Wildman–Crippen MR) is 87.8 cm³/mol. The Morgan fingerprint density at radius 1 is 1.14 bits per heavy atom. The highest BCUT2D eigenvalue weighted by molar-refractivity contribution is 6.42. The third-order valence-electron chi connectivity index (χ3n) is 3.51. The smallest absolute Gasteiger partial charge is 0.352 e. The molecule has 1 N–H and O–H groups in total. The van der Waals surface area contributed by atoms with Crippen LogP contribution in [0.3, 0.4) is 0 Å². The molecule has 1 atom stereocenters. The lowest BCUT2D eigenvalue weighted by atomic mass is 10.0. The molecule has 0 saturated carbocycles. The summed E-state index contributed by atoms with van der Waals surface area (Å²) < 4.78 is 0. The molecule has 0 bridgehead atoms. The van der Waals surface area contributed by atoms with Crippen molar-refractivity contribution in [3.05, 3.63) is 64.1 Å². The number of hydrogen-bond donors (Lipinski definition) is 1. The number of rotatable bonds is 3. The molecule has 0 fully saturated rings. The number of aliphatic carboxylic acids is 1. The summed E-state index contributed by atoms with van der Waals surface area (Å²) in [5, 5.41) is 16.0. The van der Waals surface area contributed by atoms with Crippen LogP contribution < -0.4 is 5.01 Å². The molecule has 1 heterocycles. The van der Waals surface area contributed by atoms with E-state index in [9.17, 15) is 9.90 Å². The van der Waals surface area contributed by atoms with Crippen LogP contribution in [-0.2, 0) is 4.79 Å². The fraction of sp³-hybridized carbons (Fsp3) is 0.125.